The molecule has 1 aliphatic carbocycles. The van der Waals surface area contributed by atoms with E-state index in [4.69, 9.17) is 0 Å². The lowest BCUT2D eigenvalue weighted by Gasteiger charge is -2.13. The van der Waals surface area contributed by atoms with Gasteiger partial charge in [-0.3, -0.25) is 0 Å². The zero-order chi connectivity index (χ0) is 10.5. The van der Waals surface area contributed by atoms with Crippen molar-refractivity contribution >= 4 is 5.69 Å². The van der Waals surface area contributed by atoms with Crippen molar-refractivity contribution in [2.24, 2.45) is 0 Å². The van der Waals surface area contributed by atoms with Crippen LogP contribution in [-0.4, -0.2) is 24.3 Å². The number of rotatable bonds is 2. The molecule has 2 heteroatoms. The summed E-state index contributed by atoms with van der Waals surface area (Å²) in [5.74, 6) is 0. The second kappa shape index (κ2) is 2.99. The molecule has 1 saturated carbocycles. The van der Waals surface area contributed by atoms with Gasteiger partial charge in [-0.2, -0.15) is 0 Å². The summed E-state index contributed by atoms with van der Waals surface area (Å²) < 4.78 is 0. The maximum Gasteiger partial charge on any atom is 0.0690 e. The largest absolute Gasteiger partial charge is 0.390 e. The van der Waals surface area contributed by atoms with Gasteiger partial charge in [0.1, 0.15) is 0 Å². The molecule has 0 unspecified atom stereocenters. The van der Waals surface area contributed by atoms with Crippen LogP contribution >= 0.6 is 0 Å². The van der Waals surface area contributed by atoms with Crippen LogP contribution in [-0.2, 0) is 12.8 Å². The lowest BCUT2D eigenvalue weighted by molar-refractivity contribution is 0.151. The van der Waals surface area contributed by atoms with Crippen molar-refractivity contribution in [2.45, 2.75) is 31.3 Å². The monoisotopic (exact) mass is 203 g/mol. The van der Waals surface area contributed by atoms with Crippen LogP contribution in [0.15, 0.2) is 18.2 Å². The highest BCUT2D eigenvalue weighted by Gasteiger charge is 2.40. The van der Waals surface area contributed by atoms with E-state index in [1.807, 2.05) is 0 Å². The number of benzene rings is 1. The van der Waals surface area contributed by atoms with E-state index in [-0.39, 0.29) is 5.60 Å². The van der Waals surface area contributed by atoms with E-state index >= 15 is 0 Å². The smallest absolute Gasteiger partial charge is 0.0690 e. The van der Waals surface area contributed by atoms with Gasteiger partial charge in [-0.25, -0.2) is 0 Å². The molecule has 0 radical (unpaired) electrons. The second-order valence-corrected chi connectivity index (χ2v) is 5.04. The summed E-state index contributed by atoms with van der Waals surface area (Å²) in [6, 6.07) is 6.63. The molecule has 80 valence electrons. The molecule has 2 aliphatic rings. The number of nitrogens with zero attached hydrogens (tertiary/aromatic N) is 1. The van der Waals surface area contributed by atoms with Crippen molar-refractivity contribution in [2.75, 3.05) is 18.5 Å². The molecule has 1 N–H and O–H groups in total. The van der Waals surface area contributed by atoms with E-state index in [2.05, 4.69) is 30.1 Å². The van der Waals surface area contributed by atoms with Gasteiger partial charge in [0.05, 0.1) is 5.60 Å². The van der Waals surface area contributed by atoms with Crippen LogP contribution in [0.2, 0.25) is 0 Å². The Morgan fingerprint density at radius 1 is 1.40 bits per heavy atom. The number of anilines is 1. The molecule has 0 spiro atoms. The van der Waals surface area contributed by atoms with Crippen molar-refractivity contribution < 1.29 is 5.11 Å². The number of fused-ring (bicyclic) bond motifs is 1. The minimum Gasteiger partial charge on any atom is -0.390 e. The lowest BCUT2D eigenvalue weighted by atomic mass is 10.0. The van der Waals surface area contributed by atoms with E-state index in [1.54, 1.807) is 0 Å². The quantitative estimate of drug-likeness (QED) is 0.791. The van der Waals surface area contributed by atoms with Crippen molar-refractivity contribution in [3.05, 3.63) is 29.3 Å². The molecule has 3 rings (SSSR count). The van der Waals surface area contributed by atoms with Crippen molar-refractivity contribution in [1.82, 2.24) is 0 Å². The van der Waals surface area contributed by atoms with E-state index in [9.17, 15) is 5.11 Å². The first-order valence-electron chi connectivity index (χ1n) is 5.72. The zero-order valence-electron chi connectivity index (χ0n) is 9.16. The highest BCUT2D eigenvalue weighted by Crippen LogP contribution is 2.39. The molecule has 1 heterocycles. The molecule has 0 aromatic heterocycles. The fourth-order valence-electron chi connectivity index (χ4n) is 2.43. The standard InChI is InChI=1S/C13H17NO/c1-14-7-4-11-8-10(2-3-12(11)14)9-13(15)5-6-13/h2-3,8,15H,4-7,9H2,1H3. The van der Waals surface area contributed by atoms with Crippen LogP contribution in [0.3, 0.4) is 0 Å². The van der Waals surface area contributed by atoms with Gasteiger partial charge in [-0.15, -0.1) is 0 Å². The molecule has 1 aromatic rings. The van der Waals surface area contributed by atoms with Gasteiger partial charge < -0.3 is 10.0 Å². The Morgan fingerprint density at radius 3 is 2.93 bits per heavy atom. The SMILES string of the molecule is CN1CCc2cc(CC3(O)CC3)ccc21. The van der Waals surface area contributed by atoms with Crippen LogP contribution in [0.25, 0.3) is 0 Å². The highest BCUT2D eigenvalue weighted by atomic mass is 16.3. The fraction of sp³-hybridized carbons (Fsp3) is 0.538. The third kappa shape index (κ3) is 1.63. The van der Waals surface area contributed by atoms with E-state index in [1.165, 1.54) is 16.8 Å². The van der Waals surface area contributed by atoms with E-state index in [0.717, 1.165) is 32.2 Å². The summed E-state index contributed by atoms with van der Waals surface area (Å²) in [7, 11) is 2.14. The summed E-state index contributed by atoms with van der Waals surface area (Å²) in [6.45, 7) is 1.13. The number of aliphatic hydroxyl groups is 1. The molecule has 1 aliphatic heterocycles. The fourth-order valence-corrected chi connectivity index (χ4v) is 2.43. The van der Waals surface area contributed by atoms with Gasteiger partial charge in [-0.05, 0) is 36.5 Å². The van der Waals surface area contributed by atoms with Crippen molar-refractivity contribution in [3.63, 3.8) is 0 Å². The lowest BCUT2D eigenvalue weighted by Crippen LogP contribution is -2.12. The summed E-state index contributed by atoms with van der Waals surface area (Å²) in [6.07, 6.45) is 3.94. The predicted octanol–water partition coefficient (Wildman–Crippen LogP) is 1.75. The van der Waals surface area contributed by atoms with Gasteiger partial charge in [0, 0.05) is 25.7 Å². The van der Waals surface area contributed by atoms with Gasteiger partial charge in [0.15, 0.2) is 0 Å². The first-order valence-corrected chi connectivity index (χ1v) is 5.72. The predicted molar refractivity (Wildman–Crippen MR) is 61.3 cm³/mol. The molecule has 0 atom stereocenters. The maximum absolute atomic E-state index is 9.87. The van der Waals surface area contributed by atoms with Gasteiger partial charge in [-0.1, -0.05) is 12.1 Å². The van der Waals surface area contributed by atoms with Gasteiger partial charge >= 0.3 is 0 Å². The maximum atomic E-state index is 9.87. The van der Waals surface area contributed by atoms with E-state index in [0.29, 0.717) is 0 Å². The second-order valence-electron chi connectivity index (χ2n) is 5.04. The van der Waals surface area contributed by atoms with Crippen molar-refractivity contribution in [3.8, 4) is 0 Å². The molecular formula is C13H17NO. The average Bonchev–Trinajstić information content (AvgIpc) is 2.81. The number of hydrogen-bond donors (Lipinski definition) is 1. The molecule has 2 nitrogen and oxygen atoms in total. The first kappa shape index (κ1) is 9.22. The van der Waals surface area contributed by atoms with E-state index < -0.39 is 0 Å². The zero-order valence-corrected chi connectivity index (χ0v) is 9.16. The van der Waals surface area contributed by atoms with Crippen LogP contribution in [0, 0.1) is 0 Å². The Bertz CT molecular complexity index is 396. The van der Waals surface area contributed by atoms with Crippen LogP contribution < -0.4 is 4.90 Å². The van der Waals surface area contributed by atoms with Crippen molar-refractivity contribution in [1.29, 1.82) is 0 Å². The van der Waals surface area contributed by atoms with Crippen LogP contribution in [0.1, 0.15) is 24.0 Å². The summed E-state index contributed by atoms with van der Waals surface area (Å²) >= 11 is 0. The van der Waals surface area contributed by atoms with Crippen LogP contribution in [0.5, 0.6) is 0 Å². The Labute approximate surface area is 90.5 Å². The minimum atomic E-state index is -0.362. The van der Waals surface area contributed by atoms with Crippen LogP contribution in [0.4, 0.5) is 5.69 Å². The average molecular weight is 203 g/mol. The highest BCUT2D eigenvalue weighted by molar-refractivity contribution is 5.58. The Balaban J connectivity index is 1.86. The van der Waals surface area contributed by atoms with Gasteiger partial charge in [0.25, 0.3) is 0 Å². The third-order valence-electron chi connectivity index (χ3n) is 3.63. The Morgan fingerprint density at radius 2 is 2.20 bits per heavy atom. The molecule has 15 heavy (non-hydrogen) atoms. The van der Waals surface area contributed by atoms with Gasteiger partial charge in [0.2, 0.25) is 0 Å². The molecule has 0 saturated heterocycles. The number of hydrogen-bond acceptors (Lipinski definition) is 2. The molecule has 1 aromatic carbocycles. The summed E-state index contributed by atoms with van der Waals surface area (Å²) in [5.41, 5.74) is 3.74. The first-order chi connectivity index (χ1) is 7.16. The minimum absolute atomic E-state index is 0.362. The Kier molecular flexibility index (Phi) is 1.84. The normalized spacial score (nSPS) is 21.6. The summed E-state index contributed by atoms with van der Waals surface area (Å²) in [4.78, 5) is 2.30. The summed E-state index contributed by atoms with van der Waals surface area (Å²) in [5, 5.41) is 9.87. The molecule has 0 bridgehead atoms. The molecule has 1 fully saturated rings. The topological polar surface area (TPSA) is 23.5 Å². The number of likely N-dealkylation sites (N-methyl/N-ethyl adjacent to an activating group) is 1. The third-order valence-corrected chi connectivity index (χ3v) is 3.63. The molecule has 0 amide bonds. The Hall–Kier alpha value is -1.02. The molecular weight excluding hydrogens is 186 g/mol.